The number of carbonyl (C=O) groups is 1. The van der Waals surface area contributed by atoms with E-state index in [-0.39, 0.29) is 19.0 Å². The third-order valence-electron chi connectivity index (χ3n) is 6.46. The van der Waals surface area contributed by atoms with Crippen molar-refractivity contribution in [3.63, 3.8) is 0 Å². The van der Waals surface area contributed by atoms with Crippen LogP contribution in [0.1, 0.15) is 30.9 Å². The molecule has 2 unspecified atom stereocenters. The van der Waals surface area contributed by atoms with Crippen molar-refractivity contribution < 1.29 is 18.3 Å². The van der Waals surface area contributed by atoms with Crippen LogP contribution in [-0.2, 0) is 26.0 Å². The van der Waals surface area contributed by atoms with Crippen molar-refractivity contribution in [3.8, 4) is 0 Å². The Morgan fingerprint density at radius 2 is 1.90 bits per heavy atom. The highest BCUT2D eigenvalue weighted by molar-refractivity contribution is 7.90. The molecule has 0 saturated carbocycles. The van der Waals surface area contributed by atoms with Gasteiger partial charge < -0.3 is 10.0 Å². The number of aryl methyl sites for hydroxylation is 1. The SMILES string of the molecule is CCC1CN(c2ccc(Cl)c(Cl)c2)CCN1S(=O)(=O)C1(C(=O)O)CCc2ccccc21. The van der Waals surface area contributed by atoms with Crippen LogP contribution in [0.3, 0.4) is 0 Å². The highest BCUT2D eigenvalue weighted by Gasteiger charge is 2.59. The van der Waals surface area contributed by atoms with Gasteiger partial charge in [0.15, 0.2) is 0 Å². The Balaban J connectivity index is 1.69. The molecule has 1 heterocycles. The fourth-order valence-electron chi connectivity index (χ4n) is 4.78. The highest BCUT2D eigenvalue weighted by atomic mass is 35.5. The van der Waals surface area contributed by atoms with E-state index in [1.54, 1.807) is 24.3 Å². The van der Waals surface area contributed by atoms with E-state index in [0.717, 1.165) is 11.3 Å². The summed E-state index contributed by atoms with van der Waals surface area (Å²) in [6, 6.07) is 12.0. The number of benzene rings is 2. The number of anilines is 1. The lowest BCUT2D eigenvalue weighted by Gasteiger charge is -2.44. The molecule has 166 valence electrons. The predicted octanol–water partition coefficient (Wildman–Crippen LogP) is 4.15. The molecule has 2 atom stereocenters. The van der Waals surface area contributed by atoms with Crippen molar-refractivity contribution in [2.45, 2.75) is 37.0 Å². The van der Waals surface area contributed by atoms with Gasteiger partial charge in [0, 0.05) is 31.4 Å². The molecule has 0 amide bonds. The lowest BCUT2D eigenvalue weighted by molar-refractivity contribution is -0.140. The van der Waals surface area contributed by atoms with Gasteiger partial charge in [0.1, 0.15) is 0 Å². The molecule has 4 rings (SSSR count). The molecule has 1 fully saturated rings. The maximum atomic E-state index is 13.9. The number of nitrogens with zero attached hydrogens (tertiary/aromatic N) is 2. The van der Waals surface area contributed by atoms with Crippen molar-refractivity contribution in [2.75, 3.05) is 24.5 Å². The molecule has 9 heteroatoms. The van der Waals surface area contributed by atoms with Crippen LogP contribution in [0.15, 0.2) is 42.5 Å². The molecule has 1 aliphatic carbocycles. The molecular formula is C22H24Cl2N2O4S. The van der Waals surface area contributed by atoms with E-state index in [1.807, 2.05) is 25.1 Å². The van der Waals surface area contributed by atoms with E-state index in [0.29, 0.717) is 41.5 Å². The van der Waals surface area contributed by atoms with Gasteiger partial charge in [-0.3, -0.25) is 4.79 Å². The minimum Gasteiger partial charge on any atom is -0.480 e. The topological polar surface area (TPSA) is 77.9 Å². The Morgan fingerprint density at radius 1 is 1.16 bits per heavy atom. The first-order valence-electron chi connectivity index (χ1n) is 10.3. The molecular weight excluding hydrogens is 459 g/mol. The molecule has 2 aromatic carbocycles. The van der Waals surface area contributed by atoms with Crippen LogP contribution < -0.4 is 4.90 Å². The number of fused-ring (bicyclic) bond motifs is 1. The van der Waals surface area contributed by atoms with Crippen molar-refractivity contribution in [3.05, 3.63) is 63.6 Å². The summed E-state index contributed by atoms with van der Waals surface area (Å²) in [6.07, 6.45) is 1.05. The molecule has 2 aliphatic rings. The van der Waals surface area contributed by atoms with Crippen LogP contribution in [0.25, 0.3) is 0 Å². The van der Waals surface area contributed by atoms with Crippen LogP contribution in [0.5, 0.6) is 0 Å². The normalized spacial score (nSPS) is 24.2. The molecule has 2 aromatic rings. The summed E-state index contributed by atoms with van der Waals surface area (Å²) in [5.41, 5.74) is 2.05. The molecule has 1 aliphatic heterocycles. The first-order valence-corrected chi connectivity index (χ1v) is 12.4. The standard InChI is InChI=1S/C22H24Cl2N2O4S/c1-2-16-14-25(17-7-8-19(23)20(24)13-17)11-12-26(16)31(29,30)22(21(27)28)10-9-15-5-3-4-6-18(15)22/h3-8,13,16H,2,9-12,14H2,1H3,(H,27,28). The number of rotatable bonds is 5. The minimum atomic E-state index is -4.16. The lowest BCUT2D eigenvalue weighted by atomic mass is 10.0. The molecule has 0 aromatic heterocycles. The van der Waals surface area contributed by atoms with Gasteiger partial charge in [0.05, 0.1) is 10.0 Å². The molecule has 0 radical (unpaired) electrons. The summed E-state index contributed by atoms with van der Waals surface area (Å²) >= 11 is 12.2. The van der Waals surface area contributed by atoms with Crippen LogP contribution in [0.2, 0.25) is 10.0 Å². The second-order valence-corrected chi connectivity index (χ2v) is 10.9. The molecule has 31 heavy (non-hydrogen) atoms. The first-order chi connectivity index (χ1) is 14.7. The number of carboxylic acids is 1. The van der Waals surface area contributed by atoms with Gasteiger partial charge in [-0.1, -0.05) is 54.4 Å². The number of hydrogen-bond donors (Lipinski definition) is 1. The highest BCUT2D eigenvalue weighted by Crippen LogP contribution is 2.46. The Morgan fingerprint density at radius 3 is 2.58 bits per heavy atom. The maximum absolute atomic E-state index is 13.9. The zero-order valence-corrected chi connectivity index (χ0v) is 19.4. The van der Waals surface area contributed by atoms with Crippen LogP contribution in [0.4, 0.5) is 5.69 Å². The zero-order valence-electron chi connectivity index (χ0n) is 17.1. The van der Waals surface area contributed by atoms with Gasteiger partial charge >= 0.3 is 5.97 Å². The van der Waals surface area contributed by atoms with E-state index in [1.165, 1.54) is 4.31 Å². The average molecular weight is 483 g/mol. The lowest BCUT2D eigenvalue weighted by Crippen LogP contribution is -2.60. The van der Waals surface area contributed by atoms with Crippen LogP contribution in [-0.4, -0.2) is 49.5 Å². The molecule has 1 saturated heterocycles. The largest absolute Gasteiger partial charge is 0.480 e. The van der Waals surface area contributed by atoms with Gasteiger partial charge in [-0.25, -0.2) is 8.42 Å². The van der Waals surface area contributed by atoms with Gasteiger partial charge in [0.2, 0.25) is 14.8 Å². The van der Waals surface area contributed by atoms with E-state index in [2.05, 4.69) is 4.90 Å². The Hall–Kier alpha value is -1.80. The molecule has 0 bridgehead atoms. The van der Waals surface area contributed by atoms with Crippen LogP contribution in [0, 0.1) is 0 Å². The minimum absolute atomic E-state index is 0.0491. The van der Waals surface area contributed by atoms with E-state index in [9.17, 15) is 18.3 Å². The molecule has 0 spiro atoms. The average Bonchev–Trinajstić information content (AvgIpc) is 3.16. The van der Waals surface area contributed by atoms with E-state index < -0.39 is 20.7 Å². The summed E-state index contributed by atoms with van der Waals surface area (Å²) < 4.78 is 27.3. The predicted molar refractivity (Wildman–Crippen MR) is 122 cm³/mol. The van der Waals surface area contributed by atoms with Gasteiger partial charge in [-0.2, -0.15) is 4.31 Å². The third-order valence-corrected chi connectivity index (χ3v) is 9.78. The van der Waals surface area contributed by atoms with Gasteiger partial charge in [0.25, 0.3) is 0 Å². The summed E-state index contributed by atoms with van der Waals surface area (Å²) in [5.74, 6) is -1.31. The smallest absolute Gasteiger partial charge is 0.331 e. The van der Waals surface area contributed by atoms with Crippen molar-refractivity contribution in [1.82, 2.24) is 4.31 Å². The first kappa shape index (κ1) is 22.4. The number of hydrogen-bond acceptors (Lipinski definition) is 4. The van der Waals surface area contributed by atoms with E-state index >= 15 is 0 Å². The fourth-order valence-corrected chi connectivity index (χ4v) is 7.46. The monoisotopic (exact) mass is 482 g/mol. The van der Waals surface area contributed by atoms with Crippen molar-refractivity contribution >= 4 is 44.9 Å². The number of piperazine rings is 1. The number of carboxylic acid groups (broad SMARTS) is 1. The Bertz CT molecular complexity index is 1120. The van der Waals surface area contributed by atoms with Gasteiger partial charge in [-0.05, 0) is 48.6 Å². The number of aliphatic carboxylic acids is 1. The van der Waals surface area contributed by atoms with Crippen molar-refractivity contribution in [2.24, 2.45) is 0 Å². The number of sulfonamides is 1. The number of halogens is 2. The third kappa shape index (κ3) is 3.52. The maximum Gasteiger partial charge on any atom is 0.331 e. The molecule has 6 nitrogen and oxygen atoms in total. The summed E-state index contributed by atoms with van der Waals surface area (Å²) in [7, 11) is -4.16. The summed E-state index contributed by atoms with van der Waals surface area (Å²) in [6.45, 7) is 3.01. The van der Waals surface area contributed by atoms with Gasteiger partial charge in [-0.15, -0.1) is 0 Å². The second kappa shape index (κ2) is 8.28. The van der Waals surface area contributed by atoms with Crippen molar-refractivity contribution in [1.29, 1.82) is 0 Å². The summed E-state index contributed by atoms with van der Waals surface area (Å²) in [5, 5.41) is 11.1. The zero-order chi connectivity index (χ0) is 22.4. The molecule has 1 N–H and O–H groups in total. The fraction of sp³-hybridized carbons (Fsp3) is 0.409. The van der Waals surface area contributed by atoms with Crippen LogP contribution >= 0.6 is 23.2 Å². The Kier molecular flexibility index (Phi) is 5.98. The Labute approximate surface area is 192 Å². The second-order valence-electron chi connectivity index (χ2n) is 8.01. The van der Waals surface area contributed by atoms with E-state index in [4.69, 9.17) is 23.2 Å². The summed E-state index contributed by atoms with van der Waals surface area (Å²) in [4.78, 5) is 14.6. The quantitative estimate of drug-likeness (QED) is 0.692.